The van der Waals surface area contributed by atoms with Crippen LogP contribution in [0.3, 0.4) is 0 Å². The second-order valence-corrected chi connectivity index (χ2v) is 3.81. The highest BCUT2D eigenvalue weighted by molar-refractivity contribution is 5.27. The molecule has 74 valence electrons. The molecule has 0 spiro atoms. The van der Waals surface area contributed by atoms with E-state index in [-0.39, 0.29) is 6.29 Å². The normalized spacial score (nSPS) is 23.9. The van der Waals surface area contributed by atoms with E-state index in [9.17, 15) is 0 Å². The SMILES string of the molecule is NC1N=c2c3c(oc2=CN1)CCCC3. The van der Waals surface area contributed by atoms with E-state index >= 15 is 0 Å². The van der Waals surface area contributed by atoms with Gasteiger partial charge in [0.25, 0.3) is 0 Å². The van der Waals surface area contributed by atoms with Gasteiger partial charge < -0.3 is 9.73 Å². The van der Waals surface area contributed by atoms with E-state index in [4.69, 9.17) is 10.2 Å². The summed E-state index contributed by atoms with van der Waals surface area (Å²) in [5.74, 6) is 1.11. The number of hydrogen-bond donors (Lipinski definition) is 2. The summed E-state index contributed by atoms with van der Waals surface area (Å²) < 4.78 is 5.71. The molecule has 0 fully saturated rings. The van der Waals surface area contributed by atoms with Crippen molar-refractivity contribution in [2.24, 2.45) is 10.7 Å². The topological polar surface area (TPSA) is 63.5 Å². The molecule has 1 aliphatic carbocycles. The summed E-state index contributed by atoms with van der Waals surface area (Å²) in [6.45, 7) is 0. The number of nitrogens with one attached hydrogen (secondary N) is 1. The predicted molar refractivity (Wildman–Crippen MR) is 51.7 cm³/mol. The van der Waals surface area contributed by atoms with Gasteiger partial charge in [0.15, 0.2) is 11.7 Å². The van der Waals surface area contributed by atoms with E-state index in [2.05, 4.69) is 10.3 Å². The fourth-order valence-electron chi connectivity index (χ4n) is 2.15. The van der Waals surface area contributed by atoms with Gasteiger partial charge in [-0.15, -0.1) is 0 Å². The van der Waals surface area contributed by atoms with Crippen LogP contribution in [0.25, 0.3) is 6.20 Å². The Morgan fingerprint density at radius 1 is 1.43 bits per heavy atom. The Labute approximate surface area is 81.5 Å². The lowest BCUT2D eigenvalue weighted by molar-refractivity contribution is 0.449. The number of furan rings is 1. The van der Waals surface area contributed by atoms with Crippen molar-refractivity contribution in [2.45, 2.75) is 32.0 Å². The van der Waals surface area contributed by atoms with E-state index in [1.165, 1.54) is 18.4 Å². The maximum Gasteiger partial charge on any atom is 0.171 e. The molecule has 1 unspecified atom stereocenters. The molecular formula is C10H13N3O. The third-order valence-corrected chi connectivity index (χ3v) is 2.82. The Morgan fingerprint density at radius 3 is 3.21 bits per heavy atom. The highest BCUT2D eigenvalue weighted by Crippen LogP contribution is 2.16. The fraction of sp³-hybridized carbons (Fsp3) is 0.500. The molecule has 0 amide bonds. The molecule has 14 heavy (non-hydrogen) atoms. The molecule has 0 aromatic carbocycles. The number of rotatable bonds is 0. The lowest BCUT2D eigenvalue weighted by atomic mass is 9.98. The molecule has 1 atom stereocenters. The van der Waals surface area contributed by atoms with E-state index in [1.54, 1.807) is 0 Å². The minimum Gasteiger partial charge on any atom is -0.458 e. The number of nitrogens with two attached hydrogens (primary N) is 1. The van der Waals surface area contributed by atoms with Gasteiger partial charge in [0.1, 0.15) is 11.1 Å². The van der Waals surface area contributed by atoms with Crippen molar-refractivity contribution in [3.63, 3.8) is 0 Å². The Morgan fingerprint density at radius 2 is 2.29 bits per heavy atom. The molecule has 3 rings (SSSR count). The Balaban J connectivity index is 2.28. The predicted octanol–water partition coefficient (Wildman–Crippen LogP) is -0.639. The lowest BCUT2D eigenvalue weighted by Gasteiger charge is -2.09. The van der Waals surface area contributed by atoms with Crippen molar-refractivity contribution in [3.05, 3.63) is 22.1 Å². The molecule has 1 aromatic rings. The highest BCUT2D eigenvalue weighted by Gasteiger charge is 2.18. The fourth-order valence-corrected chi connectivity index (χ4v) is 2.15. The number of nitrogens with zero attached hydrogens (tertiary/aromatic N) is 1. The van der Waals surface area contributed by atoms with Gasteiger partial charge in [0.05, 0.1) is 0 Å². The molecular weight excluding hydrogens is 178 g/mol. The summed E-state index contributed by atoms with van der Waals surface area (Å²) in [7, 11) is 0. The third-order valence-electron chi connectivity index (χ3n) is 2.82. The molecule has 0 bridgehead atoms. The number of fused-ring (bicyclic) bond motifs is 3. The Kier molecular flexibility index (Phi) is 1.64. The Bertz CT molecular complexity index is 474. The zero-order valence-electron chi connectivity index (χ0n) is 7.92. The van der Waals surface area contributed by atoms with Crippen LogP contribution in [0.15, 0.2) is 9.41 Å². The molecule has 3 N–H and O–H groups in total. The van der Waals surface area contributed by atoms with Crippen molar-refractivity contribution in [1.82, 2.24) is 5.32 Å². The van der Waals surface area contributed by atoms with Gasteiger partial charge in [0.2, 0.25) is 0 Å². The molecule has 1 aliphatic heterocycles. The van der Waals surface area contributed by atoms with E-state index in [0.717, 1.165) is 29.4 Å². The van der Waals surface area contributed by atoms with Crippen LogP contribution >= 0.6 is 0 Å². The van der Waals surface area contributed by atoms with E-state index in [0.29, 0.717) is 0 Å². The van der Waals surface area contributed by atoms with Crippen molar-refractivity contribution in [3.8, 4) is 0 Å². The maximum absolute atomic E-state index is 5.71. The van der Waals surface area contributed by atoms with E-state index < -0.39 is 0 Å². The second-order valence-electron chi connectivity index (χ2n) is 3.81. The average molecular weight is 191 g/mol. The van der Waals surface area contributed by atoms with Crippen molar-refractivity contribution >= 4 is 6.20 Å². The van der Waals surface area contributed by atoms with Gasteiger partial charge in [-0.25, -0.2) is 4.99 Å². The first-order valence-corrected chi connectivity index (χ1v) is 5.05. The standard InChI is InChI=1S/C10H13N3O/c11-10-12-5-8-9(13-10)6-3-1-2-4-7(6)14-8/h5,10,12H,1-4,11H2. The van der Waals surface area contributed by atoms with Gasteiger partial charge >= 0.3 is 0 Å². The van der Waals surface area contributed by atoms with Gasteiger partial charge in [-0.2, -0.15) is 0 Å². The van der Waals surface area contributed by atoms with Crippen LogP contribution in [0.2, 0.25) is 0 Å². The average Bonchev–Trinajstić information content (AvgIpc) is 2.56. The molecule has 4 nitrogen and oxygen atoms in total. The summed E-state index contributed by atoms with van der Waals surface area (Å²) in [4.78, 5) is 4.36. The van der Waals surface area contributed by atoms with Crippen LogP contribution in [0.5, 0.6) is 0 Å². The van der Waals surface area contributed by atoms with Crippen LogP contribution in [-0.2, 0) is 12.8 Å². The molecule has 0 saturated heterocycles. The molecule has 2 heterocycles. The Hall–Kier alpha value is -1.29. The monoisotopic (exact) mass is 191 g/mol. The van der Waals surface area contributed by atoms with Crippen molar-refractivity contribution in [1.29, 1.82) is 0 Å². The smallest absolute Gasteiger partial charge is 0.171 e. The summed E-state index contributed by atoms with van der Waals surface area (Å²) in [5, 5.41) is 3.92. The molecule has 0 saturated carbocycles. The van der Waals surface area contributed by atoms with Crippen molar-refractivity contribution < 1.29 is 4.42 Å². The second kappa shape index (κ2) is 2.85. The first-order valence-electron chi connectivity index (χ1n) is 5.05. The number of aryl methyl sites for hydroxylation is 1. The summed E-state index contributed by atoms with van der Waals surface area (Å²) in [6, 6.07) is 0. The van der Waals surface area contributed by atoms with Gasteiger partial charge in [0, 0.05) is 18.2 Å². The van der Waals surface area contributed by atoms with Gasteiger partial charge in [-0.3, -0.25) is 5.73 Å². The van der Waals surface area contributed by atoms with Crippen LogP contribution in [0.1, 0.15) is 24.2 Å². The summed E-state index contributed by atoms with van der Waals surface area (Å²) in [5.41, 5.74) is 7.81. The van der Waals surface area contributed by atoms with Crippen molar-refractivity contribution in [2.75, 3.05) is 0 Å². The first-order chi connectivity index (χ1) is 6.84. The zero-order valence-corrected chi connectivity index (χ0v) is 7.92. The molecule has 1 aromatic heterocycles. The first kappa shape index (κ1) is 8.05. The summed E-state index contributed by atoms with van der Waals surface area (Å²) in [6.07, 6.45) is 6.09. The van der Waals surface area contributed by atoms with Gasteiger partial charge in [-0.05, 0) is 19.3 Å². The quantitative estimate of drug-likeness (QED) is 0.573. The van der Waals surface area contributed by atoms with Crippen LogP contribution in [0.4, 0.5) is 0 Å². The zero-order chi connectivity index (χ0) is 9.54. The summed E-state index contributed by atoms with van der Waals surface area (Å²) >= 11 is 0. The molecule has 0 radical (unpaired) electrons. The minimum absolute atomic E-state index is 0.314. The van der Waals surface area contributed by atoms with Crippen LogP contribution < -0.4 is 21.8 Å². The minimum atomic E-state index is -0.314. The lowest BCUT2D eigenvalue weighted by Crippen LogP contribution is -2.43. The van der Waals surface area contributed by atoms with E-state index in [1.807, 2.05) is 6.20 Å². The number of hydrogen-bond acceptors (Lipinski definition) is 4. The van der Waals surface area contributed by atoms with Crippen LogP contribution in [0, 0.1) is 0 Å². The maximum atomic E-state index is 5.71. The molecule has 4 heteroatoms. The van der Waals surface area contributed by atoms with Gasteiger partial charge in [-0.1, -0.05) is 0 Å². The molecule has 2 aliphatic rings. The van der Waals surface area contributed by atoms with Crippen LogP contribution in [-0.4, -0.2) is 6.29 Å². The highest BCUT2D eigenvalue weighted by atomic mass is 16.3. The largest absolute Gasteiger partial charge is 0.458 e. The third kappa shape index (κ3) is 1.07.